The fraction of sp³-hybridized carbons (Fsp3) is 0.333. The minimum absolute atomic E-state index is 0.245. The molecule has 0 saturated carbocycles. The normalized spacial score (nSPS) is 12.2. The first-order chi connectivity index (χ1) is 7.95. The highest BCUT2D eigenvalue weighted by Gasteiger charge is 2.32. The molecule has 1 aromatic rings. The minimum atomic E-state index is -4.40. The highest BCUT2D eigenvalue weighted by molar-refractivity contribution is 5.58. The standard InChI is InChI=1S/C12H15F3N2/c1-17-7-3-2-4-9-5-6-11(16)10(8-9)12(13,14)15/h2,4-6,8,17H,3,7,16H2,1H3. The van der Waals surface area contributed by atoms with Crippen molar-refractivity contribution < 1.29 is 13.2 Å². The molecule has 0 aliphatic carbocycles. The SMILES string of the molecule is CNCCC=Cc1ccc(N)c(C(F)(F)F)c1. The molecule has 1 aromatic carbocycles. The Bertz CT molecular complexity index is 397. The first-order valence-corrected chi connectivity index (χ1v) is 5.23. The molecule has 0 heterocycles. The summed E-state index contributed by atoms with van der Waals surface area (Å²) in [6, 6.07) is 3.91. The molecule has 5 heteroatoms. The van der Waals surface area contributed by atoms with Crippen molar-refractivity contribution in [1.82, 2.24) is 5.32 Å². The summed E-state index contributed by atoms with van der Waals surface area (Å²) in [5, 5.41) is 2.95. The van der Waals surface area contributed by atoms with Gasteiger partial charge in [0.1, 0.15) is 0 Å². The molecule has 0 bridgehead atoms. The van der Waals surface area contributed by atoms with E-state index >= 15 is 0 Å². The van der Waals surface area contributed by atoms with Crippen molar-refractivity contribution in [3.63, 3.8) is 0 Å². The first kappa shape index (κ1) is 13.6. The van der Waals surface area contributed by atoms with Crippen LogP contribution >= 0.6 is 0 Å². The number of nitrogens with two attached hydrogens (primary N) is 1. The van der Waals surface area contributed by atoms with Crippen molar-refractivity contribution in [2.75, 3.05) is 19.3 Å². The van der Waals surface area contributed by atoms with Gasteiger partial charge in [-0.25, -0.2) is 0 Å². The van der Waals surface area contributed by atoms with Crippen LogP contribution in [0.15, 0.2) is 24.3 Å². The van der Waals surface area contributed by atoms with Gasteiger partial charge in [-0.1, -0.05) is 18.2 Å². The molecular weight excluding hydrogens is 229 g/mol. The quantitative estimate of drug-likeness (QED) is 0.631. The van der Waals surface area contributed by atoms with E-state index in [1.54, 1.807) is 12.1 Å². The van der Waals surface area contributed by atoms with E-state index < -0.39 is 11.7 Å². The Kier molecular flexibility index (Phi) is 4.57. The molecule has 0 aliphatic rings. The number of rotatable bonds is 4. The van der Waals surface area contributed by atoms with Gasteiger partial charge in [-0.15, -0.1) is 0 Å². The summed E-state index contributed by atoms with van der Waals surface area (Å²) in [5.74, 6) is 0. The van der Waals surface area contributed by atoms with E-state index in [9.17, 15) is 13.2 Å². The Morgan fingerprint density at radius 2 is 2.06 bits per heavy atom. The molecule has 0 saturated heterocycles. The average molecular weight is 244 g/mol. The second-order valence-corrected chi connectivity index (χ2v) is 3.64. The van der Waals surface area contributed by atoms with Gasteiger partial charge < -0.3 is 11.1 Å². The molecule has 3 N–H and O–H groups in total. The number of hydrogen-bond donors (Lipinski definition) is 2. The van der Waals surface area contributed by atoms with Gasteiger partial charge >= 0.3 is 6.18 Å². The lowest BCUT2D eigenvalue weighted by Crippen LogP contribution is -2.09. The van der Waals surface area contributed by atoms with Crippen molar-refractivity contribution in [2.24, 2.45) is 0 Å². The summed E-state index contributed by atoms with van der Waals surface area (Å²) in [6.45, 7) is 0.789. The number of anilines is 1. The van der Waals surface area contributed by atoms with Crippen LogP contribution in [0.25, 0.3) is 6.08 Å². The lowest BCUT2D eigenvalue weighted by atomic mass is 10.1. The Morgan fingerprint density at radius 1 is 1.35 bits per heavy atom. The Labute approximate surface area is 98.3 Å². The maximum Gasteiger partial charge on any atom is 0.418 e. The summed E-state index contributed by atoms with van der Waals surface area (Å²) in [6.07, 6.45) is -0.157. The van der Waals surface area contributed by atoms with Gasteiger partial charge in [-0.3, -0.25) is 0 Å². The molecule has 94 valence electrons. The number of benzene rings is 1. The molecule has 17 heavy (non-hydrogen) atoms. The van der Waals surface area contributed by atoms with E-state index in [1.807, 2.05) is 13.1 Å². The maximum atomic E-state index is 12.6. The Hall–Kier alpha value is -1.49. The summed E-state index contributed by atoms with van der Waals surface area (Å²) in [4.78, 5) is 0. The zero-order valence-electron chi connectivity index (χ0n) is 9.51. The topological polar surface area (TPSA) is 38.0 Å². The van der Waals surface area contributed by atoms with Gasteiger partial charge in [0.25, 0.3) is 0 Å². The zero-order chi connectivity index (χ0) is 12.9. The maximum absolute atomic E-state index is 12.6. The second kappa shape index (κ2) is 5.72. The molecule has 1 rings (SSSR count). The molecule has 0 atom stereocenters. The van der Waals surface area contributed by atoms with Crippen LogP contribution in [0.5, 0.6) is 0 Å². The van der Waals surface area contributed by atoms with Crippen LogP contribution in [-0.4, -0.2) is 13.6 Å². The van der Waals surface area contributed by atoms with Crippen molar-refractivity contribution in [1.29, 1.82) is 0 Å². The molecule has 0 amide bonds. The number of alkyl halides is 3. The zero-order valence-corrected chi connectivity index (χ0v) is 9.51. The summed E-state index contributed by atoms with van der Waals surface area (Å²) < 4.78 is 37.7. The van der Waals surface area contributed by atoms with Crippen LogP contribution < -0.4 is 11.1 Å². The van der Waals surface area contributed by atoms with Crippen LogP contribution in [0.3, 0.4) is 0 Å². The lowest BCUT2D eigenvalue weighted by molar-refractivity contribution is -0.136. The van der Waals surface area contributed by atoms with Crippen LogP contribution in [-0.2, 0) is 6.18 Å². The lowest BCUT2D eigenvalue weighted by Gasteiger charge is -2.10. The number of halogens is 3. The predicted molar refractivity (Wildman–Crippen MR) is 63.4 cm³/mol. The van der Waals surface area contributed by atoms with E-state index in [0.29, 0.717) is 5.56 Å². The molecule has 0 spiro atoms. The number of hydrogen-bond acceptors (Lipinski definition) is 2. The van der Waals surface area contributed by atoms with Gasteiger partial charge in [0.05, 0.1) is 5.56 Å². The highest BCUT2D eigenvalue weighted by atomic mass is 19.4. The first-order valence-electron chi connectivity index (χ1n) is 5.23. The van der Waals surface area contributed by atoms with E-state index in [-0.39, 0.29) is 5.69 Å². The molecule has 0 unspecified atom stereocenters. The minimum Gasteiger partial charge on any atom is -0.398 e. The monoisotopic (exact) mass is 244 g/mol. The van der Waals surface area contributed by atoms with Gasteiger partial charge in [-0.05, 0) is 37.7 Å². The number of nitrogen functional groups attached to an aromatic ring is 1. The van der Waals surface area contributed by atoms with Crippen LogP contribution in [0, 0.1) is 0 Å². The van der Waals surface area contributed by atoms with E-state index in [4.69, 9.17) is 5.73 Å². The summed E-state index contributed by atoms with van der Waals surface area (Å²) in [7, 11) is 1.82. The van der Waals surface area contributed by atoms with Crippen molar-refractivity contribution in [3.8, 4) is 0 Å². The second-order valence-electron chi connectivity index (χ2n) is 3.64. The summed E-state index contributed by atoms with van der Waals surface area (Å²) >= 11 is 0. The van der Waals surface area contributed by atoms with Crippen LogP contribution in [0.1, 0.15) is 17.5 Å². The molecule has 0 aliphatic heterocycles. The van der Waals surface area contributed by atoms with Crippen LogP contribution in [0.4, 0.5) is 18.9 Å². The molecule has 2 nitrogen and oxygen atoms in total. The third kappa shape index (κ3) is 4.11. The molecule has 0 aromatic heterocycles. The van der Waals surface area contributed by atoms with Gasteiger partial charge in [0.15, 0.2) is 0 Å². The van der Waals surface area contributed by atoms with E-state index in [2.05, 4.69) is 5.32 Å². The van der Waals surface area contributed by atoms with E-state index in [0.717, 1.165) is 19.0 Å². The fourth-order valence-corrected chi connectivity index (χ4v) is 1.37. The van der Waals surface area contributed by atoms with E-state index in [1.165, 1.54) is 6.07 Å². The molecule has 0 radical (unpaired) electrons. The fourth-order valence-electron chi connectivity index (χ4n) is 1.37. The molecule has 0 fully saturated rings. The van der Waals surface area contributed by atoms with Gasteiger partial charge in [0.2, 0.25) is 0 Å². The van der Waals surface area contributed by atoms with Crippen LogP contribution in [0.2, 0.25) is 0 Å². The predicted octanol–water partition coefficient (Wildman–Crippen LogP) is 2.91. The largest absolute Gasteiger partial charge is 0.418 e. The average Bonchev–Trinajstić information content (AvgIpc) is 2.25. The van der Waals surface area contributed by atoms with Crippen molar-refractivity contribution in [2.45, 2.75) is 12.6 Å². The smallest absolute Gasteiger partial charge is 0.398 e. The Morgan fingerprint density at radius 3 is 2.65 bits per heavy atom. The third-order valence-electron chi connectivity index (χ3n) is 2.25. The van der Waals surface area contributed by atoms with Gasteiger partial charge in [0, 0.05) is 5.69 Å². The number of nitrogens with one attached hydrogen (secondary N) is 1. The Balaban J connectivity index is 2.86. The summed E-state index contributed by atoms with van der Waals surface area (Å²) in [5.41, 5.74) is 4.77. The van der Waals surface area contributed by atoms with Crippen molar-refractivity contribution >= 4 is 11.8 Å². The van der Waals surface area contributed by atoms with Crippen molar-refractivity contribution in [3.05, 3.63) is 35.4 Å². The van der Waals surface area contributed by atoms with Gasteiger partial charge in [-0.2, -0.15) is 13.2 Å². The third-order valence-corrected chi connectivity index (χ3v) is 2.25. The molecular formula is C12H15F3N2. The highest BCUT2D eigenvalue weighted by Crippen LogP contribution is 2.34.